The van der Waals surface area contributed by atoms with Crippen molar-refractivity contribution in [3.8, 4) is 6.07 Å². The van der Waals surface area contributed by atoms with Gasteiger partial charge in [0.05, 0.1) is 11.6 Å². The number of nitrogens with zero attached hydrogens (tertiary/aromatic N) is 2. The van der Waals surface area contributed by atoms with E-state index in [-0.39, 0.29) is 6.03 Å². The number of nitrogens with one attached hydrogen (secondary N) is 2. The molecule has 0 bridgehead atoms. The van der Waals surface area contributed by atoms with Crippen molar-refractivity contribution in [2.75, 3.05) is 25.5 Å². The van der Waals surface area contributed by atoms with Crippen LogP contribution < -0.4 is 10.6 Å². The Morgan fingerprint density at radius 2 is 2.25 bits per heavy atom. The molecule has 0 aliphatic rings. The van der Waals surface area contributed by atoms with Crippen LogP contribution in [0.25, 0.3) is 0 Å². The van der Waals surface area contributed by atoms with Gasteiger partial charge in [0.15, 0.2) is 0 Å². The molecule has 5 heteroatoms. The maximum absolute atomic E-state index is 11.7. The molecule has 2 N–H and O–H groups in total. The van der Waals surface area contributed by atoms with Crippen molar-refractivity contribution in [2.24, 2.45) is 0 Å². The third-order valence-electron chi connectivity index (χ3n) is 3.34. The van der Waals surface area contributed by atoms with E-state index in [9.17, 15) is 4.79 Å². The zero-order valence-corrected chi connectivity index (χ0v) is 12.3. The van der Waals surface area contributed by atoms with E-state index in [0.29, 0.717) is 23.8 Å². The fourth-order valence-corrected chi connectivity index (χ4v) is 1.72. The Hall–Kier alpha value is -2.06. The molecule has 0 heterocycles. The van der Waals surface area contributed by atoms with E-state index in [1.54, 1.807) is 24.3 Å². The average Bonchev–Trinajstić information content (AvgIpc) is 2.46. The maximum atomic E-state index is 11.7. The predicted molar refractivity (Wildman–Crippen MR) is 80.6 cm³/mol. The molecule has 1 aromatic carbocycles. The summed E-state index contributed by atoms with van der Waals surface area (Å²) in [7, 11) is 2.05. The second-order valence-corrected chi connectivity index (χ2v) is 4.81. The molecule has 108 valence electrons. The van der Waals surface area contributed by atoms with Crippen LogP contribution in [-0.4, -0.2) is 37.1 Å². The second-order valence-electron chi connectivity index (χ2n) is 4.81. The number of carbonyl (C=O) groups excluding carboxylic acids is 1. The first-order valence-electron chi connectivity index (χ1n) is 6.82. The van der Waals surface area contributed by atoms with Gasteiger partial charge in [0.1, 0.15) is 0 Å². The smallest absolute Gasteiger partial charge is 0.319 e. The Labute approximate surface area is 120 Å². The molecule has 5 nitrogen and oxygen atoms in total. The van der Waals surface area contributed by atoms with Gasteiger partial charge in [-0.15, -0.1) is 0 Å². The van der Waals surface area contributed by atoms with Gasteiger partial charge in [-0.25, -0.2) is 4.79 Å². The summed E-state index contributed by atoms with van der Waals surface area (Å²) in [5, 5.41) is 14.3. The molecule has 20 heavy (non-hydrogen) atoms. The lowest BCUT2D eigenvalue weighted by molar-refractivity contribution is 0.238. The van der Waals surface area contributed by atoms with E-state index in [1.807, 2.05) is 13.1 Å². The Bertz CT molecular complexity index is 481. The third kappa shape index (κ3) is 5.29. The van der Waals surface area contributed by atoms with Crippen LogP contribution in [-0.2, 0) is 0 Å². The van der Waals surface area contributed by atoms with Gasteiger partial charge in [0.2, 0.25) is 0 Å². The molecule has 0 aliphatic carbocycles. The summed E-state index contributed by atoms with van der Waals surface area (Å²) in [6.07, 6.45) is 1.09. The lowest BCUT2D eigenvalue weighted by atomic mass is 10.2. The molecule has 0 unspecified atom stereocenters. The minimum atomic E-state index is -0.252. The standard InChI is InChI=1S/C15H22N4O/c1-4-12(2)19(3)9-8-17-15(20)18-14-7-5-6-13(10-14)11-16/h5-7,10,12H,4,8-9H2,1-3H3,(H2,17,18,20)/t12-/m1/s1. The van der Waals surface area contributed by atoms with Crippen LogP contribution in [0.2, 0.25) is 0 Å². The Morgan fingerprint density at radius 1 is 1.50 bits per heavy atom. The second kappa shape index (κ2) is 8.18. The normalized spacial score (nSPS) is 11.8. The molecule has 1 aromatic rings. The highest BCUT2D eigenvalue weighted by Crippen LogP contribution is 2.09. The topological polar surface area (TPSA) is 68.2 Å². The molecular weight excluding hydrogens is 252 g/mol. The molecule has 0 aliphatic heterocycles. The summed E-state index contributed by atoms with van der Waals surface area (Å²) in [5.41, 5.74) is 1.15. The number of hydrogen-bond acceptors (Lipinski definition) is 3. The average molecular weight is 274 g/mol. The number of amides is 2. The summed E-state index contributed by atoms with van der Waals surface area (Å²) in [6.45, 7) is 5.70. The van der Waals surface area contributed by atoms with Crippen molar-refractivity contribution in [1.29, 1.82) is 5.26 Å². The number of urea groups is 1. The van der Waals surface area contributed by atoms with E-state index in [0.717, 1.165) is 13.0 Å². The molecule has 2 amide bonds. The van der Waals surface area contributed by atoms with Gasteiger partial charge in [-0.05, 0) is 38.6 Å². The predicted octanol–water partition coefficient (Wildman–Crippen LogP) is 2.41. The van der Waals surface area contributed by atoms with Crippen LogP contribution in [0.3, 0.4) is 0 Å². The molecule has 1 atom stereocenters. The summed E-state index contributed by atoms with van der Waals surface area (Å²) in [6, 6.07) is 9.13. The zero-order valence-electron chi connectivity index (χ0n) is 12.3. The fraction of sp³-hybridized carbons (Fsp3) is 0.467. The van der Waals surface area contributed by atoms with Gasteiger partial charge < -0.3 is 15.5 Å². The van der Waals surface area contributed by atoms with Crippen molar-refractivity contribution >= 4 is 11.7 Å². The number of anilines is 1. The maximum Gasteiger partial charge on any atom is 0.319 e. The largest absolute Gasteiger partial charge is 0.337 e. The van der Waals surface area contributed by atoms with Gasteiger partial charge in [0, 0.05) is 24.8 Å². The zero-order chi connectivity index (χ0) is 15.0. The highest BCUT2D eigenvalue weighted by atomic mass is 16.2. The number of hydrogen-bond donors (Lipinski definition) is 2. The van der Waals surface area contributed by atoms with Gasteiger partial charge in [-0.1, -0.05) is 13.0 Å². The minimum Gasteiger partial charge on any atom is -0.337 e. The highest BCUT2D eigenvalue weighted by molar-refractivity contribution is 5.89. The first-order valence-corrected chi connectivity index (χ1v) is 6.82. The molecular formula is C15H22N4O. The Kier molecular flexibility index (Phi) is 6.54. The van der Waals surface area contributed by atoms with Crippen LogP contribution in [0, 0.1) is 11.3 Å². The van der Waals surface area contributed by atoms with Crippen molar-refractivity contribution in [2.45, 2.75) is 26.3 Å². The monoisotopic (exact) mass is 274 g/mol. The van der Waals surface area contributed by atoms with Gasteiger partial charge in [-0.3, -0.25) is 0 Å². The van der Waals surface area contributed by atoms with Gasteiger partial charge >= 0.3 is 6.03 Å². The summed E-state index contributed by atoms with van der Waals surface area (Å²) < 4.78 is 0. The minimum absolute atomic E-state index is 0.252. The number of benzene rings is 1. The fourth-order valence-electron chi connectivity index (χ4n) is 1.72. The van der Waals surface area contributed by atoms with Crippen molar-refractivity contribution in [3.05, 3.63) is 29.8 Å². The molecule has 0 saturated heterocycles. The SMILES string of the molecule is CC[C@@H](C)N(C)CCNC(=O)Nc1cccc(C#N)c1. The van der Waals surface area contributed by atoms with E-state index >= 15 is 0 Å². The quantitative estimate of drug-likeness (QED) is 0.837. The summed E-state index contributed by atoms with van der Waals surface area (Å²) in [4.78, 5) is 13.9. The van der Waals surface area contributed by atoms with Crippen molar-refractivity contribution < 1.29 is 4.79 Å². The summed E-state index contributed by atoms with van der Waals surface area (Å²) in [5.74, 6) is 0. The Balaban J connectivity index is 2.35. The third-order valence-corrected chi connectivity index (χ3v) is 3.34. The number of rotatable bonds is 6. The molecule has 0 radical (unpaired) electrons. The molecule has 0 aromatic heterocycles. The molecule has 1 rings (SSSR count). The lowest BCUT2D eigenvalue weighted by Gasteiger charge is -2.23. The van der Waals surface area contributed by atoms with E-state index in [1.165, 1.54) is 0 Å². The van der Waals surface area contributed by atoms with Crippen LogP contribution in [0.15, 0.2) is 24.3 Å². The molecule has 0 saturated carbocycles. The lowest BCUT2D eigenvalue weighted by Crippen LogP contribution is -2.38. The number of nitriles is 1. The van der Waals surface area contributed by atoms with Crippen LogP contribution >= 0.6 is 0 Å². The van der Waals surface area contributed by atoms with Crippen LogP contribution in [0.1, 0.15) is 25.8 Å². The first kappa shape index (κ1) is 16.0. The van der Waals surface area contributed by atoms with Crippen LogP contribution in [0.5, 0.6) is 0 Å². The Morgan fingerprint density at radius 3 is 2.90 bits per heavy atom. The number of carbonyl (C=O) groups is 1. The molecule has 0 spiro atoms. The van der Waals surface area contributed by atoms with E-state index < -0.39 is 0 Å². The van der Waals surface area contributed by atoms with Crippen LogP contribution in [0.4, 0.5) is 10.5 Å². The first-order chi connectivity index (χ1) is 9.56. The number of likely N-dealkylation sites (N-methyl/N-ethyl adjacent to an activating group) is 1. The van der Waals surface area contributed by atoms with Gasteiger partial charge in [-0.2, -0.15) is 5.26 Å². The molecule has 0 fully saturated rings. The van der Waals surface area contributed by atoms with E-state index in [4.69, 9.17) is 5.26 Å². The van der Waals surface area contributed by atoms with Crippen molar-refractivity contribution in [1.82, 2.24) is 10.2 Å². The van der Waals surface area contributed by atoms with Crippen molar-refractivity contribution in [3.63, 3.8) is 0 Å². The highest BCUT2D eigenvalue weighted by Gasteiger charge is 2.07. The summed E-state index contributed by atoms with van der Waals surface area (Å²) >= 11 is 0. The van der Waals surface area contributed by atoms with E-state index in [2.05, 4.69) is 29.4 Å². The van der Waals surface area contributed by atoms with Gasteiger partial charge in [0.25, 0.3) is 0 Å².